The molecule has 0 radical (unpaired) electrons. The SMILES string of the molecule is O=c1cnn(Cc2cccc(S(=O)(=O)N3CCOCC3)c2)c2ccccc12. The maximum atomic E-state index is 12.9. The Kier molecular flexibility index (Phi) is 4.77. The number of morpholine rings is 1. The Morgan fingerprint density at radius 3 is 2.63 bits per heavy atom. The molecule has 0 spiro atoms. The van der Waals surface area contributed by atoms with E-state index in [0.29, 0.717) is 43.8 Å². The van der Waals surface area contributed by atoms with Gasteiger partial charge in [0.2, 0.25) is 15.5 Å². The van der Waals surface area contributed by atoms with Crippen molar-refractivity contribution in [2.45, 2.75) is 11.4 Å². The molecule has 1 fully saturated rings. The van der Waals surface area contributed by atoms with Gasteiger partial charge in [-0.2, -0.15) is 9.40 Å². The molecule has 1 aliphatic heterocycles. The van der Waals surface area contributed by atoms with Crippen molar-refractivity contribution in [1.29, 1.82) is 0 Å². The molecular weight excluding hydrogens is 366 g/mol. The van der Waals surface area contributed by atoms with Gasteiger partial charge in [0.15, 0.2) is 0 Å². The van der Waals surface area contributed by atoms with Crippen LogP contribution in [0.15, 0.2) is 64.4 Å². The van der Waals surface area contributed by atoms with Crippen LogP contribution in [-0.4, -0.2) is 48.8 Å². The Hall–Kier alpha value is -2.55. The van der Waals surface area contributed by atoms with Crippen molar-refractivity contribution in [3.8, 4) is 0 Å². The first-order valence-electron chi connectivity index (χ1n) is 8.67. The number of ether oxygens (including phenoxy) is 1. The highest BCUT2D eigenvalue weighted by Crippen LogP contribution is 2.19. The molecule has 1 aliphatic rings. The summed E-state index contributed by atoms with van der Waals surface area (Å²) in [5.41, 5.74) is 1.38. The molecule has 0 amide bonds. The molecule has 2 aromatic carbocycles. The van der Waals surface area contributed by atoms with Crippen LogP contribution in [0.5, 0.6) is 0 Å². The average molecular weight is 385 g/mol. The van der Waals surface area contributed by atoms with Gasteiger partial charge in [0, 0.05) is 18.5 Å². The zero-order valence-electron chi connectivity index (χ0n) is 14.6. The summed E-state index contributed by atoms with van der Waals surface area (Å²) < 4.78 is 34.1. The zero-order chi connectivity index (χ0) is 18.9. The van der Waals surface area contributed by atoms with E-state index >= 15 is 0 Å². The second-order valence-corrected chi connectivity index (χ2v) is 8.29. The molecule has 3 aromatic rings. The first-order chi connectivity index (χ1) is 13.1. The number of hydrogen-bond acceptors (Lipinski definition) is 5. The number of aromatic nitrogens is 2. The molecule has 0 unspecified atom stereocenters. The van der Waals surface area contributed by atoms with E-state index in [2.05, 4.69) is 5.10 Å². The number of para-hydroxylation sites is 1. The summed E-state index contributed by atoms with van der Waals surface area (Å²) in [4.78, 5) is 12.2. The Morgan fingerprint density at radius 2 is 1.81 bits per heavy atom. The fourth-order valence-corrected chi connectivity index (χ4v) is 4.68. The van der Waals surface area contributed by atoms with Gasteiger partial charge in [0.25, 0.3) is 0 Å². The van der Waals surface area contributed by atoms with Gasteiger partial charge < -0.3 is 4.74 Å². The first kappa shape index (κ1) is 17.8. The number of nitrogens with zero attached hydrogens (tertiary/aromatic N) is 3. The van der Waals surface area contributed by atoms with Crippen molar-refractivity contribution in [3.63, 3.8) is 0 Å². The van der Waals surface area contributed by atoms with E-state index < -0.39 is 10.0 Å². The molecule has 0 atom stereocenters. The molecule has 2 heterocycles. The minimum absolute atomic E-state index is 0.134. The van der Waals surface area contributed by atoms with Crippen molar-refractivity contribution in [1.82, 2.24) is 14.1 Å². The second-order valence-electron chi connectivity index (χ2n) is 6.35. The number of sulfonamides is 1. The van der Waals surface area contributed by atoms with Crippen LogP contribution in [0.1, 0.15) is 5.56 Å². The van der Waals surface area contributed by atoms with Crippen LogP contribution in [0, 0.1) is 0 Å². The van der Waals surface area contributed by atoms with E-state index in [-0.39, 0.29) is 10.3 Å². The second kappa shape index (κ2) is 7.22. The predicted molar refractivity (Wildman–Crippen MR) is 101 cm³/mol. The van der Waals surface area contributed by atoms with Crippen molar-refractivity contribution >= 4 is 20.9 Å². The van der Waals surface area contributed by atoms with Crippen LogP contribution >= 0.6 is 0 Å². The average Bonchev–Trinajstić information content (AvgIpc) is 2.71. The number of hydrogen-bond donors (Lipinski definition) is 0. The van der Waals surface area contributed by atoms with Gasteiger partial charge in [0.05, 0.1) is 36.4 Å². The van der Waals surface area contributed by atoms with E-state index in [0.717, 1.165) is 5.56 Å². The van der Waals surface area contributed by atoms with Crippen molar-refractivity contribution < 1.29 is 13.2 Å². The van der Waals surface area contributed by atoms with E-state index in [1.807, 2.05) is 24.3 Å². The van der Waals surface area contributed by atoms with Gasteiger partial charge >= 0.3 is 0 Å². The smallest absolute Gasteiger partial charge is 0.243 e. The predicted octanol–water partition coefficient (Wildman–Crippen LogP) is 1.47. The van der Waals surface area contributed by atoms with Crippen LogP contribution in [0.4, 0.5) is 0 Å². The first-order valence-corrected chi connectivity index (χ1v) is 10.1. The van der Waals surface area contributed by atoms with E-state index in [9.17, 15) is 13.2 Å². The lowest BCUT2D eigenvalue weighted by atomic mass is 10.2. The van der Waals surface area contributed by atoms with Gasteiger partial charge in [-0.15, -0.1) is 0 Å². The Morgan fingerprint density at radius 1 is 1.04 bits per heavy atom. The third kappa shape index (κ3) is 3.51. The van der Waals surface area contributed by atoms with E-state index in [4.69, 9.17) is 4.74 Å². The molecule has 7 nitrogen and oxygen atoms in total. The summed E-state index contributed by atoms with van der Waals surface area (Å²) in [6, 6.07) is 14.1. The highest BCUT2D eigenvalue weighted by molar-refractivity contribution is 7.89. The molecule has 140 valence electrons. The lowest BCUT2D eigenvalue weighted by Crippen LogP contribution is -2.40. The monoisotopic (exact) mass is 385 g/mol. The van der Waals surface area contributed by atoms with E-state index in [1.165, 1.54) is 10.5 Å². The maximum Gasteiger partial charge on any atom is 0.243 e. The summed E-state index contributed by atoms with van der Waals surface area (Å²) in [6.07, 6.45) is 1.29. The molecular formula is C19H19N3O4S. The van der Waals surface area contributed by atoms with Crippen LogP contribution in [0.25, 0.3) is 10.9 Å². The highest BCUT2D eigenvalue weighted by Gasteiger charge is 2.26. The topological polar surface area (TPSA) is 81.5 Å². The molecule has 0 saturated carbocycles. The van der Waals surface area contributed by atoms with Gasteiger partial charge in [0.1, 0.15) is 0 Å². The van der Waals surface area contributed by atoms with Crippen LogP contribution in [-0.2, 0) is 21.3 Å². The molecule has 0 N–H and O–H groups in total. The zero-order valence-corrected chi connectivity index (χ0v) is 15.4. The van der Waals surface area contributed by atoms with Crippen molar-refractivity contribution in [3.05, 3.63) is 70.5 Å². The van der Waals surface area contributed by atoms with Crippen LogP contribution in [0.2, 0.25) is 0 Å². The third-order valence-corrected chi connectivity index (χ3v) is 6.50. The van der Waals surface area contributed by atoms with E-state index in [1.54, 1.807) is 28.9 Å². The fraction of sp³-hybridized carbons (Fsp3) is 0.263. The van der Waals surface area contributed by atoms with Gasteiger partial charge in [-0.3, -0.25) is 9.48 Å². The number of benzene rings is 2. The Balaban J connectivity index is 1.68. The molecule has 8 heteroatoms. The number of rotatable bonds is 4. The summed E-state index contributed by atoms with van der Waals surface area (Å²) in [5, 5.41) is 4.80. The van der Waals surface area contributed by atoms with Crippen molar-refractivity contribution in [2.24, 2.45) is 0 Å². The molecule has 0 bridgehead atoms. The highest BCUT2D eigenvalue weighted by atomic mass is 32.2. The lowest BCUT2D eigenvalue weighted by Gasteiger charge is -2.26. The Labute approximate surface area is 156 Å². The van der Waals surface area contributed by atoms with Gasteiger partial charge in [-0.25, -0.2) is 8.42 Å². The Bertz CT molecular complexity index is 1130. The van der Waals surface area contributed by atoms with Crippen LogP contribution in [0.3, 0.4) is 0 Å². The molecule has 1 saturated heterocycles. The van der Waals surface area contributed by atoms with Crippen LogP contribution < -0.4 is 5.43 Å². The normalized spacial score (nSPS) is 15.9. The van der Waals surface area contributed by atoms with Gasteiger partial charge in [-0.1, -0.05) is 24.3 Å². The summed E-state index contributed by atoms with van der Waals surface area (Å²) in [7, 11) is -3.55. The summed E-state index contributed by atoms with van der Waals surface area (Å²) >= 11 is 0. The maximum absolute atomic E-state index is 12.9. The quantitative estimate of drug-likeness (QED) is 0.679. The molecule has 0 aliphatic carbocycles. The largest absolute Gasteiger partial charge is 0.379 e. The minimum Gasteiger partial charge on any atom is -0.379 e. The minimum atomic E-state index is -3.55. The van der Waals surface area contributed by atoms with Crippen molar-refractivity contribution in [2.75, 3.05) is 26.3 Å². The molecule has 4 rings (SSSR count). The fourth-order valence-electron chi connectivity index (χ4n) is 3.20. The third-order valence-electron chi connectivity index (χ3n) is 4.60. The lowest BCUT2D eigenvalue weighted by molar-refractivity contribution is 0.0730. The molecule has 1 aromatic heterocycles. The summed E-state index contributed by atoms with van der Waals surface area (Å²) in [6.45, 7) is 1.91. The standard InChI is InChI=1S/C19H19N3O4S/c23-19-13-20-22(18-7-2-1-6-17(18)19)14-15-4-3-5-16(12-15)27(24,25)21-8-10-26-11-9-21/h1-7,12-13H,8-11,14H2. The number of fused-ring (bicyclic) bond motifs is 1. The summed E-state index contributed by atoms with van der Waals surface area (Å²) in [5.74, 6) is 0. The van der Waals surface area contributed by atoms with Gasteiger partial charge in [-0.05, 0) is 29.8 Å². The molecule has 27 heavy (non-hydrogen) atoms.